The van der Waals surface area contributed by atoms with Crippen LogP contribution in [0.3, 0.4) is 0 Å². The molecule has 8 heteroatoms. The average Bonchev–Trinajstić information content (AvgIpc) is 3.38. The van der Waals surface area contributed by atoms with Gasteiger partial charge in [0.1, 0.15) is 5.82 Å². The smallest absolute Gasteiger partial charge is 0.238 e. The first-order valence-electron chi connectivity index (χ1n) is 8.83. The number of carbonyl (C=O) groups excluding carboxylic acids is 1. The molecule has 0 saturated carbocycles. The summed E-state index contributed by atoms with van der Waals surface area (Å²) in [5.41, 5.74) is 0.786. The highest BCUT2D eigenvalue weighted by molar-refractivity contribution is 5.77. The Hall–Kier alpha value is -3.00. The number of aryl methyl sites for hydroxylation is 1. The van der Waals surface area contributed by atoms with E-state index in [1.54, 1.807) is 23.1 Å². The number of hydrogen-bond donors (Lipinski definition) is 1. The summed E-state index contributed by atoms with van der Waals surface area (Å²) in [4.78, 5) is 18.8. The molecule has 0 spiro atoms. The molecule has 0 bridgehead atoms. The zero-order valence-corrected chi connectivity index (χ0v) is 14.6. The van der Waals surface area contributed by atoms with E-state index < -0.39 is 0 Å². The minimum absolute atomic E-state index is 0.0245. The van der Waals surface area contributed by atoms with Crippen LogP contribution in [0.1, 0.15) is 23.9 Å². The SMILES string of the molecule is O=C(CCc1nc(-c2ccco2)no1)N1CCNCC1c1cccc(F)c1. The van der Waals surface area contributed by atoms with Gasteiger partial charge in [0.2, 0.25) is 17.6 Å². The maximum atomic E-state index is 13.6. The van der Waals surface area contributed by atoms with Gasteiger partial charge in [0.05, 0.1) is 12.3 Å². The number of nitrogens with one attached hydrogen (secondary N) is 1. The first-order valence-corrected chi connectivity index (χ1v) is 8.83. The highest BCUT2D eigenvalue weighted by atomic mass is 19.1. The molecule has 1 aliphatic heterocycles. The van der Waals surface area contributed by atoms with Gasteiger partial charge in [-0.25, -0.2) is 4.39 Å². The second-order valence-corrected chi connectivity index (χ2v) is 6.35. The molecule has 4 rings (SSSR count). The lowest BCUT2D eigenvalue weighted by molar-refractivity contribution is -0.134. The quantitative estimate of drug-likeness (QED) is 0.743. The van der Waals surface area contributed by atoms with Crippen molar-refractivity contribution >= 4 is 5.91 Å². The van der Waals surface area contributed by atoms with E-state index in [0.717, 1.165) is 5.56 Å². The van der Waals surface area contributed by atoms with Crippen molar-refractivity contribution in [3.05, 3.63) is 59.9 Å². The Kier molecular flexibility index (Phi) is 4.97. The van der Waals surface area contributed by atoms with E-state index in [1.807, 2.05) is 6.07 Å². The van der Waals surface area contributed by atoms with Crippen LogP contribution in [-0.2, 0) is 11.2 Å². The van der Waals surface area contributed by atoms with E-state index in [2.05, 4.69) is 15.5 Å². The topological polar surface area (TPSA) is 84.4 Å². The minimum atomic E-state index is -0.304. The Morgan fingerprint density at radius 1 is 1.33 bits per heavy atom. The molecule has 3 heterocycles. The third-order valence-electron chi connectivity index (χ3n) is 4.56. The molecule has 1 aliphatic rings. The van der Waals surface area contributed by atoms with Crippen molar-refractivity contribution in [2.45, 2.75) is 18.9 Å². The lowest BCUT2D eigenvalue weighted by Crippen LogP contribution is -2.48. The highest BCUT2D eigenvalue weighted by Gasteiger charge is 2.28. The molecule has 1 aromatic carbocycles. The van der Waals surface area contributed by atoms with Gasteiger partial charge in [0, 0.05) is 32.5 Å². The van der Waals surface area contributed by atoms with Gasteiger partial charge in [-0.05, 0) is 29.8 Å². The third-order valence-corrected chi connectivity index (χ3v) is 4.56. The predicted octanol–water partition coefficient (Wildman–Crippen LogP) is 2.57. The molecule has 0 radical (unpaired) electrons. The molecule has 2 aromatic heterocycles. The first-order chi connectivity index (χ1) is 13.2. The highest BCUT2D eigenvalue weighted by Crippen LogP contribution is 2.24. The first kappa shape index (κ1) is 17.4. The second-order valence-electron chi connectivity index (χ2n) is 6.35. The van der Waals surface area contributed by atoms with Crippen LogP contribution in [0.4, 0.5) is 4.39 Å². The summed E-state index contributed by atoms with van der Waals surface area (Å²) in [6, 6.07) is 9.67. The van der Waals surface area contributed by atoms with Gasteiger partial charge in [-0.2, -0.15) is 4.98 Å². The number of piperazine rings is 1. The van der Waals surface area contributed by atoms with E-state index in [1.165, 1.54) is 18.4 Å². The number of rotatable bonds is 5. The maximum Gasteiger partial charge on any atom is 0.238 e. The summed E-state index contributed by atoms with van der Waals surface area (Å²) in [6.45, 7) is 1.88. The number of carbonyl (C=O) groups is 1. The summed E-state index contributed by atoms with van der Waals surface area (Å²) in [5, 5.41) is 7.13. The van der Waals surface area contributed by atoms with Crippen molar-refractivity contribution in [1.82, 2.24) is 20.4 Å². The largest absolute Gasteiger partial charge is 0.461 e. The zero-order valence-electron chi connectivity index (χ0n) is 14.6. The van der Waals surface area contributed by atoms with Gasteiger partial charge in [-0.15, -0.1) is 0 Å². The van der Waals surface area contributed by atoms with Crippen molar-refractivity contribution in [2.75, 3.05) is 19.6 Å². The zero-order chi connectivity index (χ0) is 18.6. The van der Waals surface area contributed by atoms with Gasteiger partial charge in [-0.3, -0.25) is 4.79 Å². The standard InChI is InChI=1S/C19H19FN4O3/c20-14-4-1-3-13(11-14)15-12-21-8-9-24(15)18(25)7-6-17-22-19(23-27-17)16-5-2-10-26-16/h1-5,10-11,15,21H,6-9,12H2. The van der Waals surface area contributed by atoms with E-state index in [9.17, 15) is 9.18 Å². The molecule has 7 nitrogen and oxygen atoms in total. The van der Waals surface area contributed by atoms with Crippen molar-refractivity contribution in [1.29, 1.82) is 0 Å². The van der Waals surface area contributed by atoms with Crippen LogP contribution in [0.5, 0.6) is 0 Å². The van der Waals surface area contributed by atoms with Crippen LogP contribution in [-0.4, -0.2) is 40.6 Å². The summed E-state index contributed by atoms with van der Waals surface area (Å²) >= 11 is 0. The van der Waals surface area contributed by atoms with Gasteiger partial charge in [0.25, 0.3) is 0 Å². The Labute approximate surface area is 155 Å². The van der Waals surface area contributed by atoms with Crippen LogP contribution in [0.25, 0.3) is 11.6 Å². The number of nitrogens with zero attached hydrogens (tertiary/aromatic N) is 3. The number of amides is 1. The number of furan rings is 1. The van der Waals surface area contributed by atoms with Crippen molar-refractivity contribution in [3.63, 3.8) is 0 Å². The lowest BCUT2D eigenvalue weighted by Gasteiger charge is -2.36. The number of halogens is 1. The summed E-state index contributed by atoms with van der Waals surface area (Å²) in [6.07, 6.45) is 2.11. The molecule has 1 amide bonds. The molecule has 1 atom stereocenters. The van der Waals surface area contributed by atoms with Gasteiger partial charge in [0.15, 0.2) is 5.76 Å². The fraction of sp³-hybridized carbons (Fsp3) is 0.316. The van der Waals surface area contributed by atoms with E-state index in [-0.39, 0.29) is 24.2 Å². The van der Waals surface area contributed by atoms with Crippen LogP contribution < -0.4 is 5.32 Å². The van der Waals surface area contributed by atoms with Crippen LogP contribution in [0.15, 0.2) is 51.6 Å². The number of hydrogen-bond acceptors (Lipinski definition) is 6. The Morgan fingerprint density at radius 3 is 3.07 bits per heavy atom. The maximum absolute atomic E-state index is 13.6. The van der Waals surface area contributed by atoms with Crippen molar-refractivity contribution < 1.29 is 18.1 Å². The second kappa shape index (κ2) is 7.71. The normalized spacial score (nSPS) is 17.2. The van der Waals surface area contributed by atoms with E-state index >= 15 is 0 Å². The van der Waals surface area contributed by atoms with Gasteiger partial charge in [-0.1, -0.05) is 17.3 Å². The van der Waals surface area contributed by atoms with Crippen LogP contribution in [0.2, 0.25) is 0 Å². The minimum Gasteiger partial charge on any atom is -0.461 e. The monoisotopic (exact) mass is 370 g/mol. The molecule has 1 saturated heterocycles. The van der Waals surface area contributed by atoms with Gasteiger partial charge < -0.3 is 19.2 Å². The van der Waals surface area contributed by atoms with Crippen LogP contribution in [0, 0.1) is 5.82 Å². The molecule has 140 valence electrons. The Bertz CT molecular complexity index is 909. The molecular formula is C19H19FN4O3. The molecular weight excluding hydrogens is 351 g/mol. The summed E-state index contributed by atoms with van der Waals surface area (Å²) in [7, 11) is 0. The third kappa shape index (κ3) is 3.90. The molecule has 1 N–H and O–H groups in total. The fourth-order valence-electron chi connectivity index (χ4n) is 3.23. The van der Waals surface area contributed by atoms with Crippen LogP contribution >= 0.6 is 0 Å². The van der Waals surface area contributed by atoms with E-state index in [4.69, 9.17) is 8.94 Å². The average molecular weight is 370 g/mol. The number of aromatic nitrogens is 2. The Morgan fingerprint density at radius 2 is 2.26 bits per heavy atom. The molecule has 1 fully saturated rings. The lowest BCUT2D eigenvalue weighted by atomic mass is 10.0. The van der Waals surface area contributed by atoms with Gasteiger partial charge >= 0.3 is 0 Å². The van der Waals surface area contributed by atoms with E-state index in [0.29, 0.717) is 43.5 Å². The Balaban J connectivity index is 1.42. The molecule has 3 aromatic rings. The van der Waals surface area contributed by atoms with Crippen molar-refractivity contribution in [2.24, 2.45) is 0 Å². The van der Waals surface area contributed by atoms with Crippen molar-refractivity contribution in [3.8, 4) is 11.6 Å². The predicted molar refractivity (Wildman–Crippen MR) is 94.0 cm³/mol. The number of benzene rings is 1. The molecule has 1 unspecified atom stereocenters. The summed E-state index contributed by atoms with van der Waals surface area (Å²) in [5.74, 6) is 0.935. The molecule has 27 heavy (non-hydrogen) atoms. The summed E-state index contributed by atoms with van der Waals surface area (Å²) < 4.78 is 24.0. The molecule has 0 aliphatic carbocycles. The fourth-order valence-corrected chi connectivity index (χ4v) is 3.23.